The van der Waals surface area contributed by atoms with E-state index in [0.29, 0.717) is 26.2 Å². The smallest absolute Gasteiger partial charge is 0.283 e. The van der Waals surface area contributed by atoms with Gasteiger partial charge in [-0.3, -0.25) is 4.79 Å². The van der Waals surface area contributed by atoms with Crippen LogP contribution in [0, 0.1) is 6.92 Å². The Labute approximate surface area is 154 Å². The van der Waals surface area contributed by atoms with Crippen LogP contribution in [0.1, 0.15) is 11.3 Å². The second kappa shape index (κ2) is 7.21. The normalized spacial score (nSPS) is 10.7. The molecule has 1 aromatic heterocycles. The Hall–Kier alpha value is -2.43. The van der Waals surface area contributed by atoms with Gasteiger partial charge in [-0.05, 0) is 41.8 Å². The van der Waals surface area contributed by atoms with Gasteiger partial charge in [-0.25, -0.2) is 0 Å². The third-order valence-corrected chi connectivity index (χ3v) is 4.26. The van der Waals surface area contributed by atoms with Crippen molar-refractivity contribution in [1.82, 2.24) is 4.73 Å². The molecular formula is C19H15Cl2NO3. The lowest BCUT2D eigenvalue weighted by molar-refractivity contribution is 0.148. The molecule has 25 heavy (non-hydrogen) atoms. The van der Waals surface area contributed by atoms with E-state index in [4.69, 9.17) is 27.9 Å². The second-order valence-electron chi connectivity index (χ2n) is 5.60. The summed E-state index contributed by atoms with van der Waals surface area (Å²) in [4.78, 5) is 11.6. The Morgan fingerprint density at radius 1 is 1.00 bits per heavy atom. The summed E-state index contributed by atoms with van der Waals surface area (Å²) in [5.41, 5.74) is 2.38. The zero-order valence-electron chi connectivity index (χ0n) is 13.4. The summed E-state index contributed by atoms with van der Waals surface area (Å²) in [5, 5.41) is 10.5. The highest BCUT2D eigenvalue weighted by atomic mass is 35.5. The molecule has 128 valence electrons. The number of ether oxygens (including phenoxy) is 1. The molecule has 2 aromatic carbocycles. The maximum absolute atomic E-state index is 11.6. The van der Waals surface area contributed by atoms with Crippen molar-refractivity contribution in [2.45, 2.75) is 13.5 Å². The van der Waals surface area contributed by atoms with Crippen LogP contribution in [-0.4, -0.2) is 9.94 Å². The Bertz CT molecular complexity index is 945. The quantitative estimate of drug-likeness (QED) is 0.656. The van der Waals surface area contributed by atoms with Gasteiger partial charge in [0.05, 0.1) is 15.7 Å². The fourth-order valence-corrected chi connectivity index (χ4v) is 3.10. The Morgan fingerprint density at radius 3 is 2.28 bits per heavy atom. The van der Waals surface area contributed by atoms with E-state index in [9.17, 15) is 10.0 Å². The Balaban J connectivity index is 1.88. The molecule has 3 aromatic rings. The van der Waals surface area contributed by atoms with Crippen molar-refractivity contribution < 1.29 is 9.94 Å². The van der Waals surface area contributed by atoms with Gasteiger partial charge in [0.2, 0.25) is 0 Å². The molecule has 6 heteroatoms. The van der Waals surface area contributed by atoms with E-state index in [1.165, 1.54) is 6.07 Å². The molecule has 0 aliphatic rings. The first kappa shape index (κ1) is 17.4. The molecule has 0 bridgehead atoms. The molecule has 0 saturated carbocycles. The van der Waals surface area contributed by atoms with Crippen molar-refractivity contribution >= 4 is 23.2 Å². The van der Waals surface area contributed by atoms with Gasteiger partial charge in [-0.2, -0.15) is 0 Å². The molecule has 4 nitrogen and oxygen atoms in total. The van der Waals surface area contributed by atoms with E-state index in [2.05, 4.69) is 0 Å². The summed E-state index contributed by atoms with van der Waals surface area (Å²) in [5.74, 6) is 0.303. The highest BCUT2D eigenvalue weighted by molar-refractivity contribution is 6.37. The average molecular weight is 376 g/mol. The summed E-state index contributed by atoms with van der Waals surface area (Å²) in [6, 6.07) is 16.2. The van der Waals surface area contributed by atoms with E-state index in [-0.39, 0.29) is 6.61 Å². The molecule has 0 radical (unpaired) electrons. The van der Waals surface area contributed by atoms with E-state index >= 15 is 0 Å². The fraction of sp³-hybridized carbons (Fsp3) is 0.105. The van der Waals surface area contributed by atoms with Gasteiger partial charge in [0, 0.05) is 6.07 Å². The largest absolute Gasteiger partial charge is 0.484 e. The summed E-state index contributed by atoms with van der Waals surface area (Å²) in [7, 11) is 0. The number of benzene rings is 2. The number of nitrogens with zero attached hydrogens (tertiary/aromatic N) is 1. The molecule has 0 atom stereocenters. The van der Waals surface area contributed by atoms with Crippen LogP contribution in [0.2, 0.25) is 10.0 Å². The molecule has 0 amide bonds. The van der Waals surface area contributed by atoms with Crippen LogP contribution in [0.3, 0.4) is 0 Å². The van der Waals surface area contributed by atoms with Gasteiger partial charge in [-0.15, -0.1) is 4.73 Å². The first-order valence-corrected chi connectivity index (χ1v) is 8.30. The molecule has 1 heterocycles. The van der Waals surface area contributed by atoms with Crippen LogP contribution in [-0.2, 0) is 6.61 Å². The standard InChI is InChI=1S/C19H15Cl2NO3/c1-12-7-15(22(24)18(23)8-12)11-25-19-16(20)9-14(10-17(19)21)13-5-3-2-4-6-13/h2-10,24H,11H2,1H3. The van der Waals surface area contributed by atoms with Gasteiger partial charge < -0.3 is 9.94 Å². The van der Waals surface area contributed by atoms with Crippen LogP contribution in [0.15, 0.2) is 59.4 Å². The average Bonchev–Trinajstić information content (AvgIpc) is 2.58. The minimum atomic E-state index is -0.518. The molecule has 0 spiro atoms. The SMILES string of the molecule is Cc1cc(COc2c(Cl)cc(-c3ccccc3)cc2Cl)n(O)c(=O)c1. The van der Waals surface area contributed by atoms with Gasteiger partial charge >= 0.3 is 0 Å². The number of hydrogen-bond acceptors (Lipinski definition) is 3. The molecule has 1 N–H and O–H groups in total. The molecular weight excluding hydrogens is 361 g/mol. The van der Waals surface area contributed by atoms with E-state index < -0.39 is 5.56 Å². The Morgan fingerprint density at radius 2 is 1.64 bits per heavy atom. The van der Waals surface area contributed by atoms with Gasteiger partial charge in [0.25, 0.3) is 5.56 Å². The van der Waals surface area contributed by atoms with E-state index in [0.717, 1.165) is 16.7 Å². The number of aromatic nitrogens is 1. The molecule has 0 aliphatic carbocycles. The number of pyridine rings is 1. The van der Waals surface area contributed by atoms with Crippen molar-refractivity contribution in [2.24, 2.45) is 0 Å². The predicted molar refractivity (Wildman–Crippen MR) is 98.9 cm³/mol. The van der Waals surface area contributed by atoms with Crippen molar-refractivity contribution in [1.29, 1.82) is 0 Å². The van der Waals surface area contributed by atoms with Crippen molar-refractivity contribution in [2.75, 3.05) is 0 Å². The van der Waals surface area contributed by atoms with Gasteiger partial charge in [-0.1, -0.05) is 53.5 Å². The summed E-state index contributed by atoms with van der Waals surface area (Å²) >= 11 is 12.6. The number of hydrogen-bond donors (Lipinski definition) is 1. The fourth-order valence-electron chi connectivity index (χ4n) is 2.51. The zero-order valence-corrected chi connectivity index (χ0v) is 14.9. The Kier molecular flexibility index (Phi) is 5.02. The van der Waals surface area contributed by atoms with Crippen LogP contribution >= 0.6 is 23.2 Å². The van der Waals surface area contributed by atoms with E-state index in [1.807, 2.05) is 30.3 Å². The van der Waals surface area contributed by atoms with Gasteiger partial charge in [0.15, 0.2) is 5.75 Å². The number of rotatable bonds is 4. The zero-order chi connectivity index (χ0) is 18.0. The van der Waals surface area contributed by atoms with Crippen molar-refractivity contribution in [3.8, 4) is 16.9 Å². The first-order chi connectivity index (χ1) is 12.0. The van der Waals surface area contributed by atoms with Crippen LogP contribution in [0.4, 0.5) is 0 Å². The maximum Gasteiger partial charge on any atom is 0.283 e. The monoisotopic (exact) mass is 375 g/mol. The summed E-state index contributed by atoms with van der Waals surface area (Å²) in [6.45, 7) is 1.72. The van der Waals surface area contributed by atoms with Crippen LogP contribution in [0.25, 0.3) is 11.1 Å². The van der Waals surface area contributed by atoms with Crippen LogP contribution in [0.5, 0.6) is 5.75 Å². The predicted octanol–water partition coefficient (Wildman–Crippen LogP) is 4.95. The molecule has 0 fully saturated rings. The third kappa shape index (κ3) is 3.81. The third-order valence-electron chi connectivity index (χ3n) is 3.70. The second-order valence-corrected chi connectivity index (χ2v) is 6.41. The number of halogens is 2. The molecule has 0 saturated heterocycles. The first-order valence-electron chi connectivity index (χ1n) is 7.55. The topological polar surface area (TPSA) is 51.5 Å². The van der Waals surface area contributed by atoms with Gasteiger partial charge in [0.1, 0.15) is 6.61 Å². The summed E-state index contributed by atoms with van der Waals surface area (Å²) < 4.78 is 6.20. The summed E-state index contributed by atoms with van der Waals surface area (Å²) in [6.07, 6.45) is 0. The molecule has 0 aliphatic heterocycles. The highest BCUT2D eigenvalue weighted by Crippen LogP contribution is 2.37. The lowest BCUT2D eigenvalue weighted by Gasteiger charge is -2.13. The van der Waals surface area contributed by atoms with Crippen LogP contribution < -0.4 is 10.3 Å². The van der Waals surface area contributed by atoms with E-state index in [1.54, 1.807) is 25.1 Å². The minimum absolute atomic E-state index is 0.0441. The van der Waals surface area contributed by atoms with Crippen molar-refractivity contribution in [3.63, 3.8) is 0 Å². The molecule has 3 rings (SSSR count). The number of aryl methyl sites for hydroxylation is 1. The minimum Gasteiger partial charge on any atom is -0.484 e. The lowest BCUT2D eigenvalue weighted by Crippen LogP contribution is -2.22. The molecule has 0 unspecified atom stereocenters. The lowest BCUT2D eigenvalue weighted by atomic mass is 10.1. The highest BCUT2D eigenvalue weighted by Gasteiger charge is 2.13. The van der Waals surface area contributed by atoms with Crippen molar-refractivity contribution in [3.05, 3.63) is 86.3 Å². The maximum atomic E-state index is 11.6.